The third-order valence-electron chi connectivity index (χ3n) is 0.921. The van der Waals surface area contributed by atoms with Gasteiger partial charge in [0, 0.05) is 15.0 Å². The number of benzene rings is 1. The van der Waals surface area contributed by atoms with Crippen molar-refractivity contribution >= 4 is 47.8 Å². The van der Waals surface area contributed by atoms with Gasteiger partial charge in [0.25, 0.3) is 0 Å². The molecule has 0 saturated carbocycles. The number of hydrogen-bond acceptors (Lipinski definition) is 0. The maximum absolute atomic E-state index is 12.6. The first-order valence-corrected chi connectivity index (χ1v) is 4.71. The summed E-state index contributed by atoms with van der Waals surface area (Å²) in [6.07, 6.45) is 0. The van der Waals surface area contributed by atoms with Crippen molar-refractivity contribution in [3.8, 4) is 0 Å². The van der Waals surface area contributed by atoms with E-state index in [1.807, 2.05) is 0 Å². The van der Waals surface area contributed by atoms with Crippen LogP contribution in [0, 0.1) is 11.9 Å². The Balaban J connectivity index is 3.34. The fourth-order valence-electron chi connectivity index (χ4n) is 0.455. The van der Waals surface area contributed by atoms with Crippen molar-refractivity contribution in [2.75, 3.05) is 0 Å². The van der Waals surface area contributed by atoms with Crippen LogP contribution in [0.15, 0.2) is 19.5 Å². The highest BCUT2D eigenvalue weighted by molar-refractivity contribution is 9.14. The zero-order valence-corrected chi connectivity index (χ0v) is 9.35. The van der Waals surface area contributed by atoms with Gasteiger partial charge in [-0.25, -0.2) is 4.39 Å². The molecule has 0 N–H and O–H groups in total. The van der Waals surface area contributed by atoms with Crippen molar-refractivity contribution in [2.24, 2.45) is 0 Å². The SMILES string of the molecule is Fc1[c]cc(Br)c(Br)c1Br. The van der Waals surface area contributed by atoms with Gasteiger partial charge in [0.05, 0.1) is 4.47 Å². The largest absolute Gasteiger partial charge is 0.205 e. The van der Waals surface area contributed by atoms with E-state index in [2.05, 4.69) is 53.9 Å². The molecular formula is C6HBr3F. The van der Waals surface area contributed by atoms with E-state index in [0.717, 1.165) is 4.47 Å². The van der Waals surface area contributed by atoms with Gasteiger partial charge in [-0.3, -0.25) is 0 Å². The molecule has 1 aromatic carbocycles. The Morgan fingerprint density at radius 3 is 2.30 bits per heavy atom. The van der Waals surface area contributed by atoms with Crippen LogP contribution in [0.4, 0.5) is 4.39 Å². The quantitative estimate of drug-likeness (QED) is 0.499. The molecule has 4 heteroatoms. The molecular weight excluding hydrogens is 331 g/mol. The first-order chi connectivity index (χ1) is 4.63. The number of rotatable bonds is 0. The summed E-state index contributed by atoms with van der Waals surface area (Å²) in [5, 5.41) is 0. The molecule has 0 unspecified atom stereocenters. The van der Waals surface area contributed by atoms with Gasteiger partial charge in [0.15, 0.2) is 0 Å². The van der Waals surface area contributed by atoms with E-state index in [0.29, 0.717) is 8.95 Å². The molecule has 0 aromatic heterocycles. The van der Waals surface area contributed by atoms with Gasteiger partial charge in [-0.1, -0.05) is 0 Å². The van der Waals surface area contributed by atoms with Crippen LogP contribution in [-0.4, -0.2) is 0 Å². The van der Waals surface area contributed by atoms with Crippen LogP contribution in [0.2, 0.25) is 0 Å². The Labute approximate surface area is 83.2 Å². The lowest BCUT2D eigenvalue weighted by atomic mass is 10.4. The summed E-state index contributed by atoms with van der Waals surface area (Å²) in [6.45, 7) is 0. The summed E-state index contributed by atoms with van der Waals surface area (Å²) in [7, 11) is 0. The zero-order valence-electron chi connectivity index (χ0n) is 4.59. The van der Waals surface area contributed by atoms with Gasteiger partial charge < -0.3 is 0 Å². The van der Waals surface area contributed by atoms with Crippen LogP contribution >= 0.6 is 47.8 Å². The molecule has 0 aliphatic carbocycles. The third kappa shape index (κ3) is 1.60. The lowest BCUT2D eigenvalue weighted by Crippen LogP contribution is -1.79. The normalized spacial score (nSPS) is 10.0. The molecule has 1 radical (unpaired) electrons. The van der Waals surface area contributed by atoms with Crippen LogP contribution in [0.3, 0.4) is 0 Å². The van der Waals surface area contributed by atoms with E-state index >= 15 is 0 Å². The third-order valence-corrected chi connectivity index (χ3v) is 4.18. The molecule has 0 nitrogen and oxygen atoms in total. The second-order valence-corrected chi connectivity index (χ2v) is 4.02. The highest BCUT2D eigenvalue weighted by Gasteiger charge is 2.05. The van der Waals surface area contributed by atoms with E-state index in [1.165, 1.54) is 6.07 Å². The van der Waals surface area contributed by atoms with Gasteiger partial charge in [0.2, 0.25) is 0 Å². The molecule has 0 atom stereocenters. The minimum atomic E-state index is -0.393. The van der Waals surface area contributed by atoms with Crippen molar-refractivity contribution in [1.82, 2.24) is 0 Å². The van der Waals surface area contributed by atoms with Gasteiger partial charge in [-0.05, 0) is 53.9 Å². The number of halogens is 4. The maximum Gasteiger partial charge on any atom is 0.146 e. The minimum absolute atomic E-state index is 0.391. The van der Waals surface area contributed by atoms with Gasteiger partial charge in [-0.15, -0.1) is 0 Å². The molecule has 0 spiro atoms. The average Bonchev–Trinajstić information content (AvgIpc) is 1.93. The van der Waals surface area contributed by atoms with E-state index in [1.54, 1.807) is 0 Å². The van der Waals surface area contributed by atoms with Crippen LogP contribution < -0.4 is 0 Å². The summed E-state index contributed by atoms with van der Waals surface area (Å²) >= 11 is 9.43. The van der Waals surface area contributed by atoms with Gasteiger partial charge >= 0.3 is 0 Å². The van der Waals surface area contributed by atoms with Crippen LogP contribution in [0.25, 0.3) is 0 Å². The van der Waals surface area contributed by atoms with Crippen molar-refractivity contribution in [1.29, 1.82) is 0 Å². The molecule has 53 valence electrons. The van der Waals surface area contributed by atoms with E-state index in [-0.39, 0.29) is 0 Å². The Morgan fingerprint density at radius 1 is 1.20 bits per heavy atom. The van der Waals surface area contributed by atoms with E-state index in [4.69, 9.17) is 0 Å². The monoisotopic (exact) mass is 329 g/mol. The summed E-state index contributed by atoms with van der Waals surface area (Å²) < 4.78 is 14.4. The molecule has 0 heterocycles. The molecule has 0 fully saturated rings. The Kier molecular flexibility index (Phi) is 2.89. The molecule has 0 bridgehead atoms. The Bertz CT molecular complexity index is 232. The molecule has 0 saturated heterocycles. The lowest BCUT2D eigenvalue weighted by Gasteiger charge is -1.98. The lowest BCUT2D eigenvalue weighted by molar-refractivity contribution is 0.617. The molecule has 0 amide bonds. The first kappa shape index (κ1) is 8.68. The molecule has 1 aromatic rings. The molecule has 0 aliphatic rings. The van der Waals surface area contributed by atoms with Crippen molar-refractivity contribution in [3.63, 3.8) is 0 Å². The number of hydrogen-bond donors (Lipinski definition) is 0. The predicted molar refractivity (Wildman–Crippen MR) is 48.3 cm³/mol. The molecule has 10 heavy (non-hydrogen) atoms. The van der Waals surface area contributed by atoms with Crippen molar-refractivity contribution < 1.29 is 4.39 Å². The van der Waals surface area contributed by atoms with Crippen molar-refractivity contribution in [2.45, 2.75) is 0 Å². The fraction of sp³-hybridized carbons (Fsp3) is 0. The smallest absolute Gasteiger partial charge is 0.146 e. The van der Waals surface area contributed by atoms with E-state index in [9.17, 15) is 4.39 Å². The molecule has 0 aliphatic heterocycles. The van der Waals surface area contributed by atoms with Crippen LogP contribution in [0.5, 0.6) is 0 Å². The van der Waals surface area contributed by atoms with Crippen LogP contribution in [0.1, 0.15) is 0 Å². The summed E-state index contributed by atoms with van der Waals surface area (Å²) in [5.41, 5.74) is 0. The summed E-state index contributed by atoms with van der Waals surface area (Å²) in [6, 6.07) is 3.94. The first-order valence-electron chi connectivity index (χ1n) is 2.33. The van der Waals surface area contributed by atoms with Gasteiger partial charge in [0.1, 0.15) is 5.82 Å². The highest BCUT2D eigenvalue weighted by atomic mass is 79.9. The standard InChI is InChI=1S/C6HBr3F/c7-3-1-2-4(10)6(9)5(3)8/h1H. The second-order valence-electron chi connectivity index (χ2n) is 1.58. The molecule has 1 rings (SSSR count). The Hall–Kier alpha value is 0.590. The van der Waals surface area contributed by atoms with Gasteiger partial charge in [-0.2, -0.15) is 0 Å². The minimum Gasteiger partial charge on any atom is -0.205 e. The van der Waals surface area contributed by atoms with Crippen molar-refractivity contribution in [3.05, 3.63) is 31.4 Å². The summed E-state index contributed by atoms with van der Waals surface area (Å²) in [4.78, 5) is 0. The van der Waals surface area contributed by atoms with Crippen LogP contribution in [-0.2, 0) is 0 Å². The Morgan fingerprint density at radius 2 is 1.80 bits per heavy atom. The second kappa shape index (κ2) is 3.32. The zero-order chi connectivity index (χ0) is 7.72. The summed E-state index contributed by atoms with van der Waals surface area (Å²) in [5.74, 6) is -0.393. The fourth-order valence-corrected chi connectivity index (χ4v) is 1.65. The predicted octanol–water partition coefficient (Wildman–Crippen LogP) is 3.91. The van der Waals surface area contributed by atoms with E-state index < -0.39 is 5.82 Å². The highest BCUT2D eigenvalue weighted by Crippen LogP contribution is 2.32. The maximum atomic E-state index is 12.6. The average molecular weight is 332 g/mol. The topological polar surface area (TPSA) is 0 Å².